The van der Waals surface area contributed by atoms with Gasteiger partial charge in [0.25, 0.3) is 0 Å². The molecule has 0 spiro atoms. The van der Waals surface area contributed by atoms with Crippen LogP contribution < -0.4 is 5.32 Å². The number of rotatable bonds is 5. The third kappa shape index (κ3) is 3.98. The lowest BCUT2D eigenvalue weighted by Gasteiger charge is -2.25. The fourth-order valence-electron chi connectivity index (χ4n) is 1.46. The zero-order chi connectivity index (χ0) is 13.1. The first-order valence-electron chi connectivity index (χ1n) is 5.68. The zero-order valence-electron chi connectivity index (χ0n) is 10.5. The van der Waals surface area contributed by atoms with Gasteiger partial charge in [-0.05, 0) is 13.0 Å². The summed E-state index contributed by atoms with van der Waals surface area (Å²) in [6.45, 7) is 6.37. The molecule has 17 heavy (non-hydrogen) atoms. The third-order valence-electron chi connectivity index (χ3n) is 2.77. The normalized spacial score (nSPS) is 13.7. The molecule has 0 heterocycles. The molecule has 1 aromatic rings. The number of aromatic hydroxyl groups is 1. The van der Waals surface area contributed by atoms with E-state index in [2.05, 4.69) is 5.32 Å². The molecule has 1 atom stereocenters. The molecule has 0 aliphatic carbocycles. The molecule has 4 heteroatoms. The Labute approximate surface area is 101 Å². The Balaban J connectivity index is 2.67. The summed E-state index contributed by atoms with van der Waals surface area (Å²) in [5.74, 6) is -0.499. The van der Waals surface area contributed by atoms with Crippen molar-refractivity contribution in [2.75, 3.05) is 13.2 Å². The lowest BCUT2D eigenvalue weighted by molar-refractivity contribution is 0.153. The molecule has 0 aromatic heterocycles. The van der Waals surface area contributed by atoms with E-state index in [-0.39, 0.29) is 23.8 Å². The summed E-state index contributed by atoms with van der Waals surface area (Å²) in [4.78, 5) is 0. The zero-order valence-corrected chi connectivity index (χ0v) is 10.5. The van der Waals surface area contributed by atoms with Crippen LogP contribution in [0.25, 0.3) is 0 Å². The minimum absolute atomic E-state index is 0.0742. The van der Waals surface area contributed by atoms with Gasteiger partial charge in [0.2, 0.25) is 0 Å². The molecule has 96 valence electrons. The predicted molar refractivity (Wildman–Crippen MR) is 65.3 cm³/mol. The molecule has 0 amide bonds. The van der Waals surface area contributed by atoms with Crippen LogP contribution in [0, 0.1) is 11.2 Å². The molecule has 0 aliphatic rings. The Hall–Kier alpha value is -1.13. The van der Waals surface area contributed by atoms with Gasteiger partial charge in [-0.2, -0.15) is 0 Å². The van der Waals surface area contributed by atoms with Crippen molar-refractivity contribution in [3.05, 3.63) is 29.6 Å². The van der Waals surface area contributed by atoms with E-state index in [1.807, 2.05) is 20.8 Å². The molecular weight excluding hydrogens is 221 g/mol. The van der Waals surface area contributed by atoms with Crippen molar-refractivity contribution in [2.24, 2.45) is 5.41 Å². The van der Waals surface area contributed by atoms with E-state index in [4.69, 9.17) is 10.2 Å². The van der Waals surface area contributed by atoms with Crippen molar-refractivity contribution >= 4 is 0 Å². The van der Waals surface area contributed by atoms with E-state index < -0.39 is 5.82 Å². The van der Waals surface area contributed by atoms with Crippen molar-refractivity contribution in [3.63, 3.8) is 0 Å². The summed E-state index contributed by atoms with van der Waals surface area (Å²) in [7, 11) is 0. The second kappa shape index (κ2) is 5.47. The number of nitrogens with one attached hydrogen (secondary N) is 1. The number of benzene rings is 1. The number of phenolic OH excluding ortho intramolecular Hbond substituents is 1. The molecule has 0 saturated heterocycles. The highest BCUT2D eigenvalue weighted by molar-refractivity contribution is 5.29. The average Bonchev–Trinajstić information content (AvgIpc) is 2.26. The number of hydrogen-bond acceptors (Lipinski definition) is 3. The number of aliphatic hydroxyl groups is 1. The Morgan fingerprint density at radius 1 is 1.41 bits per heavy atom. The van der Waals surface area contributed by atoms with Gasteiger partial charge in [-0.1, -0.05) is 19.9 Å². The second-order valence-corrected chi connectivity index (χ2v) is 5.13. The molecule has 1 unspecified atom stereocenters. The van der Waals surface area contributed by atoms with Gasteiger partial charge in [-0.25, -0.2) is 4.39 Å². The Bertz CT molecular complexity index is 380. The topological polar surface area (TPSA) is 52.5 Å². The smallest absolute Gasteiger partial charge is 0.131 e. The van der Waals surface area contributed by atoms with Crippen LogP contribution in [0.2, 0.25) is 0 Å². The maximum absolute atomic E-state index is 13.6. The predicted octanol–water partition coefficient (Wildman–Crippen LogP) is 2.20. The van der Waals surface area contributed by atoms with Gasteiger partial charge in [0.1, 0.15) is 11.6 Å². The van der Waals surface area contributed by atoms with E-state index in [1.54, 1.807) is 6.07 Å². The van der Waals surface area contributed by atoms with E-state index in [0.29, 0.717) is 12.1 Å². The van der Waals surface area contributed by atoms with Crippen LogP contribution in [0.3, 0.4) is 0 Å². The van der Waals surface area contributed by atoms with Crippen molar-refractivity contribution in [1.82, 2.24) is 5.32 Å². The van der Waals surface area contributed by atoms with Crippen molar-refractivity contribution in [3.8, 4) is 5.75 Å². The van der Waals surface area contributed by atoms with Crippen LogP contribution in [0.4, 0.5) is 4.39 Å². The molecule has 0 fully saturated rings. The highest BCUT2D eigenvalue weighted by Gasteiger charge is 2.18. The maximum Gasteiger partial charge on any atom is 0.131 e. The molecule has 0 saturated carbocycles. The highest BCUT2D eigenvalue weighted by Crippen LogP contribution is 2.22. The quantitative estimate of drug-likeness (QED) is 0.740. The van der Waals surface area contributed by atoms with Crippen molar-refractivity contribution in [2.45, 2.75) is 26.8 Å². The highest BCUT2D eigenvalue weighted by atomic mass is 19.1. The summed E-state index contributed by atoms with van der Waals surface area (Å²) < 4.78 is 13.6. The summed E-state index contributed by atoms with van der Waals surface area (Å²) in [5.41, 5.74) is 0.276. The van der Waals surface area contributed by atoms with E-state index >= 15 is 0 Å². The first-order valence-corrected chi connectivity index (χ1v) is 5.68. The van der Waals surface area contributed by atoms with Gasteiger partial charge in [-0.15, -0.1) is 0 Å². The van der Waals surface area contributed by atoms with Crippen LogP contribution in [-0.4, -0.2) is 23.4 Å². The molecular formula is C13H20FNO2. The average molecular weight is 241 g/mol. The van der Waals surface area contributed by atoms with Gasteiger partial charge >= 0.3 is 0 Å². The largest absolute Gasteiger partial charge is 0.508 e. The monoisotopic (exact) mass is 241 g/mol. The van der Waals surface area contributed by atoms with Crippen molar-refractivity contribution < 1.29 is 14.6 Å². The van der Waals surface area contributed by atoms with E-state index in [1.165, 1.54) is 6.07 Å². The number of aliphatic hydroxyl groups excluding tert-OH is 1. The van der Waals surface area contributed by atoms with Crippen LogP contribution in [0.1, 0.15) is 32.4 Å². The first-order chi connectivity index (χ1) is 7.85. The fraction of sp³-hybridized carbons (Fsp3) is 0.538. The Morgan fingerprint density at radius 3 is 2.59 bits per heavy atom. The number of hydrogen-bond donors (Lipinski definition) is 3. The minimum atomic E-state index is -0.424. The third-order valence-corrected chi connectivity index (χ3v) is 2.77. The van der Waals surface area contributed by atoms with Gasteiger partial charge < -0.3 is 15.5 Å². The standard InChI is InChI=1S/C13H20FNO2/c1-9(15-7-13(2,3)8-16)11-5-4-10(17)6-12(11)14/h4-6,9,15-17H,7-8H2,1-3H3. The van der Waals surface area contributed by atoms with Crippen LogP contribution in [0.15, 0.2) is 18.2 Å². The molecule has 1 aromatic carbocycles. The summed E-state index contributed by atoms with van der Waals surface area (Å²) in [6, 6.07) is 3.97. The molecule has 0 radical (unpaired) electrons. The van der Waals surface area contributed by atoms with Crippen LogP contribution in [0.5, 0.6) is 5.75 Å². The molecule has 3 nitrogen and oxygen atoms in total. The number of halogens is 1. The lowest BCUT2D eigenvalue weighted by Crippen LogP contribution is -2.34. The first kappa shape index (κ1) is 13.9. The second-order valence-electron chi connectivity index (χ2n) is 5.13. The minimum Gasteiger partial charge on any atom is -0.508 e. The van der Waals surface area contributed by atoms with Crippen molar-refractivity contribution in [1.29, 1.82) is 0 Å². The lowest BCUT2D eigenvalue weighted by atomic mass is 9.94. The Morgan fingerprint density at radius 2 is 2.06 bits per heavy atom. The van der Waals surface area contributed by atoms with Gasteiger partial charge in [0, 0.05) is 36.2 Å². The molecule has 0 aliphatic heterocycles. The Kier molecular flexibility index (Phi) is 4.48. The SMILES string of the molecule is CC(NCC(C)(C)CO)c1ccc(O)cc1F. The maximum atomic E-state index is 13.6. The molecule has 0 bridgehead atoms. The molecule has 1 rings (SSSR count). The van der Waals surface area contributed by atoms with Gasteiger partial charge in [0.05, 0.1) is 0 Å². The van der Waals surface area contributed by atoms with Gasteiger partial charge in [0.15, 0.2) is 0 Å². The van der Waals surface area contributed by atoms with E-state index in [0.717, 1.165) is 6.07 Å². The van der Waals surface area contributed by atoms with Gasteiger partial charge in [-0.3, -0.25) is 0 Å². The van der Waals surface area contributed by atoms with E-state index in [9.17, 15) is 4.39 Å². The van der Waals surface area contributed by atoms with Crippen LogP contribution in [-0.2, 0) is 0 Å². The summed E-state index contributed by atoms with van der Waals surface area (Å²) in [6.07, 6.45) is 0. The fourth-order valence-corrected chi connectivity index (χ4v) is 1.46. The molecule has 3 N–H and O–H groups in total. The van der Waals surface area contributed by atoms with Crippen LogP contribution >= 0.6 is 0 Å². The summed E-state index contributed by atoms with van der Waals surface area (Å²) in [5, 5.41) is 21.4. The summed E-state index contributed by atoms with van der Waals surface area (Å²) >= 11 is 0. The number of phenols is 1.